The lowest BCUT2D eigenvalue weighted by molar-refractivity contribution is -0.167. The number of pyridine rings is 1. The van der Waals surface area contributed by atoms with E-state index in [0.29, 0.717) is 8.17 Å². The zero-order valence-corrected chi connectivity index (χ0v) is 11.6. The number of rotatable bonds is 1. The molecule has 0 saturated heterocycles. The second-order valence-electron chi connectivity index (χ2n) is 2.88. The Kier molecular flexibility index (Phi) is 4.16. The highest BCUT2D eigenvalue weighted by atomic mass is 127. The average molecular weight is 409 g/mol. The van der Waals surface area contributed by atoms with E-state index < -0.39 is 12.1 Å². The Balaban J connectivity index is 2.99. The number of aryl methyl sites for hydroxylation is 1. The molecule has 0 saturated carbocycles. The molecule has 0 atom stereocenters. The number of nitrogens with one attached hydrogen (secondary N) is 1. The van der Waals surface area contributed by atoms with Crippen molar-refractivity contribution in [2.75, 3.05) is 5.32 Å². The van der Waals surface area contributed by atoms with Crippen LogP contribution in [0.5, 0.6) is 0 Å². The normalized spacial score (nSPS) is 11.4. The molecule has 0 spiro atoms. The number of carbonyl (C=O) groups is 1. The first-order valence-electron chi connectivity index (χ1n) is 3.92. The van der Waals surface area contributed by atoms with E-state index in [4.69, 9.17) is 0 Å². The van der Waals surface area contributed by atoms with E-state index >= 15 is 0 Å². The summed E-state index contributed by atoms with van der Waals surface area (Å²) in [5.41, 5.74) is 0.773. The van der Waals surface area contributed by atoms with Crippen molar-refractivity contribution in [3.63, 3.8) is 0 Å². The van der Waals surface area contributed by atoms with Crippen LogP contribution in [0.3, 0.4) is 0 Å². The van der Waals surface area contributed by atoms with Gasteiger partial charge in [-0.15, -0.1) is 0 Å². The number of halogens is 5. The monoisotopic (exact) mass is 408 g/mol. The summed E-state index contributed by atoms with van der Waals surface area (Å²) >= 11 is 4.87. The van der Waals surface area contributed by atoms with Crippen molar-refractivity contribution in [1.82, 2.24) is 4.98 Å². The summed E-state index contributed by atoms with van der Waals surface area (Å²) in [6.45, 7) is 1.74. The molecule has 3 nitrogen and oxygen atoms in total. The molecule has 0 bridgehead atoms. The van der Waals surface area contributed by atoms with Crippen LogP contribution < -0.4 is 5.32 Å². The number of hydrogen-bond acceptors (Lipinski definition) is 2. The van der Waals surface area contributed by atoms with Gasteiger partial charge >= 0.3 is 12.1 Å². The van der Waals surface area contributed by atoms with Gasteiger partial charge in [0.2, 0.25) is 0 Å². The van der Waals surface area contributed by atoms with E-state index in [1.54, 1.807) is 40.9 Å². The van der Waals surface area contributed by atoms with Crippen LogP contribution in [-0.4, -0.2) is 17.1 Å². The van der Waals surface area contributed by atoms with E-state index in [9.17, 15) is 18.0 Å². The third-order valence-corrected chi connectivity index (χ3v) is 3.22. The van der Waals surface area contributed by atoms with Crippen LogP contribution in [0.15, 0.2) is 10.7 Å². The van der Waals surface area contributed by atoms with Crippen molar-refractivity contribution >= 4 is 50.2 Å². The molecule has 1 N–H and O–H groups in total. The molecular formula is C8H5BrF3IN2O. The minimum absolute atomic E-state index is 0.111. The molecule has 0 radical (unpaired) electrons. The van der Waals surface area contributed by atoms with Gasteiger partial charge < -0.3 is 5.32 Å². The number of aromatic nitrogens is 1. The van der Waals surface area contributed by atoms with Gasteiger partial charge in [-0.05, 0) is 57.1 Å². The molecular weight excluding hydrogens is 404 g/mol. The van der Waals surface area contributed by atoms with E-state index in [2.05, 4.69) is 20.9 Å². The first kappa shape index (κ1) is 13.7. The maximum Gasteiger partial charge on any atom is 0.471 e. The fourth-order valence-electron chi connectivity index (χ4n) is 0.824. The minimum Gasteiger partial charge on any atom is -0.302 e. The molecule has 0 fully saturated rings. The molecule has 0 aromatic carbocycles. The van der Waals surface area contributed by atoms with Crippen molar-refractivity contribution in [2.24, 2.45) is 0 Å². The maximum atomic E-state index is 12.0. The second kappa shape index (κ2) is 4.86. The van der Waals surface area contributed by atoms with Crippen LogP contribution in [0.25, 0.3) is 0 Å². The second-order valence-corrected chi connectivity index (χ2v) is 4.79. The van der Waals surface area contributed by atoms with Crippen LogP contribution in [0, 0.1) is 10.5 Å². The lowest BCUT2D eigenvalue weighted by Gasteiger charge is -2.10. The maximum absolute atomic E-state index is 12.0. The van der Waals surface area contributed by atoms with E-state index in [1.807, 2.05) is 0 Å². The predicted molar refractivity (Wildman–Crippen MR) is 64.1 cm³/mol. The van der Waals surface area contributed by atoms with Crippen LogP contribution in [0.1, 0.15) is 5.56 Å². The molecule has 1 aromatic rings. The van der Waals surface area contributed by atoms with E-state index in [-0.39, 0.29) is 5.82 Å². The Morgan fingerprint density at radius 2 is 2.12 bits per heavy atom. The van der Waals surface area contributed by atoms with Crippen molar-refractivity contribution in [2.45, 2.75) is 13.1 Å². The molecule has 16 heavy (non-hydrogen) atoms. The van der Waals surface area contributed by atoms with Gasteiger partial charge in [0.25, 0.3) is 0 Å². The summed E-state index contributed by atoms with van der Waals surface area (Å²) in [4.78, 5) is 14.5. The molecule has 0 unspecified atom stereocenters. The minimum atomic E-state index is -4.91. The Bertz CT molecular complexity index is 436. The largest absolute Gasteiger partial charge is 0.471 e. The van der Waals surface area contributed by atoms with E-state index in [1.165, 1.54) is 0 Å². The van der Waals surface area contributed by atoms with E-state index in [0.717, 1.165) is 5.56 Å². The van der Waals surface area contributed by atoms with Crippen LogP contribution in [0.4, 0.5) is 19.0 Å². The highest BCUT2D eigenvalue weighted by Crippen LogP contribution is 2.24. The number of amides is 1. The molecule has 1 heterocycles. The van der Waals surface area contributed by atoms with Gasteiger partial charge in [0.1, 0.15) is 10.4 Å². The van der Waals surface area contributed by atoms with Crippen molar-refractivity contribution in [3.8, 4) is 0 Å². The van der Waals surface area contributed by atoms with Crippen molar-refractivity contribution in [1.29, 1.82) is 0 Å². The van der Waals surface area contributed by atoms with Gasteiger partial charge in [0.15, 0.2) is 0 Å². The standard InChI is InChI=1S/C8H5BrF3IN2O/c1-3-2-4(13)6(14-5(3)9)15-7(16)8(10,11)12/h2H,1H3,(H,14,15,16). The summed E-state index contributed by atoms with van der Waals surface area (Å²) in [7, 11) is 0. The van der Waals surface area contributed by atoms with Gasteiger partial charge in [0.05, 0.1) is 3.57 Å². The lowest BCUT2D eigenvalue weighted by atomic mass is 10.3. The Morgan fingerprint density at radius 1 is 1.56 bits per heavy atom. The number of carbonyl (C=O) groups excluding carboxylic acids is 1. The molecule has 1 rings (SSSR count). The number of alkyl halides is 3. The van der Waals surface area contributed by atoms with Crippen molar-refractivity contribution < 1.29 is 18.0 Å². The fourth-order valence-corrected chi connectivity index (χ4v) is 1.84. The van der Waals surface area contributed by atoms with Gasteiger partial charge in [0, 0.05) is 0 Å². The summed E-state index contributed by atoms with van der Waals surface area (Å²) in [6.07, 6.45) is -4.91. The lowest BCUT2D eigenvalue weighted by Crippen LogP contribution is -2.30. The zero-order chi connectivity index (χ0) is 12.5. The molecule has 0 aliphatic heterocycles. The quantitative estimate of drug-likeness (QED) is 0.572. The zero-order valence-electron chi connectivity index (χ0n) is 7.82. The number of nitrogens with zero attached hydrogens (tertiary/aromatic N) is 1. The first-order valence-corrected chi connectivity index (χ1v) is 5.80. The average Bonchev–Trinajstić information content (AvgIpc) is 2.12. The van der Waals surface area contributed by atoms with Gasteiger partial charge in [-0.2, -0.15) is 13.2 Å². The number of anilines is 1. The molecule has 0 aliphatic carbocycles. The van der Waals surface area contributed by atoms with Gasteiger partial charge in [-0.1, -0.05) is 0 Å². The summed E-state index contributed by atoms with van der Waals surface area (Å²) < 4.78 is 36.8. The van der Waals surface area contributed by atoms with Crippen LogP contribution in [0.2, 0.25) is 0 Å². The molecule has 8 heteroatoms. The highest BCUT2D eigenvalue weighted by molar-refractivity contribution is 14.1. The third kappa shape index (κ3) is 3.30. The third-order valence-electron chi connectivity index (χ3n) is 1.59. The SMILES string of the molecule is Cc1cc(I)c(NC(=O)C(F)(F)F)nc1Br. The highest BCUT2D eigenvalue weighted by Gasteiger charge is 2.39. The van der Waals surface area contributed by atoms with Gasteiger partial charge in [-0.3, -0.25) is 4.79 Å². The van der Waals surface area contributed by atoms with Crippen LogP contribution >= 0.6 is 38.5 Å². The topological polar surface area (TPSA) is 42.0 Å². The fraction of sp³-hybridized carbons (Fsp3) is 0.250. The van der Waals surface area contributed by atoms with Crippen molar-refractivity contribution in [3.05, 3.63) is 19.8 Å². The Labute approximate surface area is 111 Å². The molecule has 1 aromatic heterocycles. The summed E-state index contributed by atoms with van der Waals surface area (Å²) in [5, 5.41) is 1.71. The first-order chi connectivity index (χ1) is 7.21. The number of hydrogen-bond donors (Lipinski definition) is 1. The molecule has 88 valence electrons. The molecule has 1 amide bonds. The van der Waals surface area contributed by atoms with Gasteiger partial charge in [-0.25, -0.2) is 4.98 Å². The smallest absolute Gasteiger partial charge is 0.302 e. The predicted octanol–water partition coefficient (Wildman–Crippen LogP) is 3.26. The summed E-state index contributed by atoms with van der Waals surface area (Å²) in [6, 6.07) is 1.61. The molecule has 0 aliphatic rings. The van der Waals surface area contributed by atoms with Crippen LogP contribution in [-0.2, 0) is 4.79 Å². The Hall–Kier alpha value is -0.380. The summed E-state index contributed by atoms with van der Waals surface area (Å²) in [5.74, 6) is -2.14. The Morgan fingerprint density at radius 3 is 2.62 bits per heavy atom.